The number of primary amides is 1. The van der Waals surface area contributed by atoms with Crippen LogP contribution in [0.5, 0.6) is 0 Å². The van der Waals surface area contributed by atoms with Crippen molar-refractivity contribution in [2.24, 2.45) is 5.73 Å². The number of carbonyl (C=O) groups is 1. The van der Waals surface area contributed by atoms with Gasteiger partial charge in [0, 0.05) is 0 Å². The Bertz CT molecular complexity index is 145. The van der Waals surface area contributed by atoms with Crippen LogP contribution in [0.2, 0.25) is 0 Å². The normalized spacial score (nSPS) is 13.0. The second-order valence-corrected chi connectivity index (χ2v) is 3.72. The number of nitrogens with two attached hydrogens (primary N) is 1. The van der Waals surface area contributed by atoms with Gasteiger partial charge in [-0.3, -0.25) is 0 Å². The van der Waals surface area contributed by atoms with E-state index in [2.05, 4.69) is 0 Å². The van der Waals surface area contributed by atoms with Crippen LogP contribution in [0.4, 0.5) is 4.79 Å². The van der Waals surface area contributed by atoms with Crippen molar-refractivity contribution < 1.29 is 14.0 Å². The molecule has 0 aromatic heterocycles. The summed E-state index contributed by atoms with van der Waals surface area (Å²) in [5.41, 5.74) is 4.84. The van der Waals surface area contributed by atoms with Gasteiger partial charge in [-0.2, -0.15) is 0 Å². The molecule has 0 aliphatic heterocycles. The molecule has 0 spiro atoms. The third kappa shape index (κ3) is 9.52. The number of amides is 1. The van der Waals surface area contributed by atoms with E-state index in [4.69, 9.17) is 10.5 Å². The van der Waals surface area contributed by atoms with Gasteiger partial charge in [-0.1, -0.05) is 0 Å². The molecular weight excluding hydrogens is 180 g/mol. The highest BCUT2D eigenvalue weighted by molar-refractivity contribution is 5.85. The first-order valence-corrected chi connectivity index (χ1v) is 3.58. The lowest BCUT2D eigenvalue weighted by Gasteiger charge is -2.26. The van der Waals surface area contributed by atoms with E-state index in [1.165, 1.54) is 0 Å². The summed E-state index contributed by atoms with van der Waals surface area (Å²) < 4.78 is 5.51. The van der Waals surface area contributed by atoms with E-state index < -0.39 is 6.09 Å². The van der Waals surface area contributed by atoms with Gasteiger partial charge in [0.2, 0.25) is 0 Å². The molecular formula is C7H18ClN2O2+. The molecule has 0 aromatic rings. The van der Waals surface area contributed by atoms with Gasteiger partial charge >= 0.3 is 6.09 Å². The Morgan fingerprint density at radius 3 is 2.17 bits per heavy atom. The van der Waals surface area contributed by atoms with Crippen molar-refractivity contribution in [1.82, 2.24) is 0 Å². The number of likely N-dealkylation sites (N-methyl/N-ethyl adjacent to an activating group) is 1. The van der Waals surface area contributed by atoms with E-state index in [0.717, 1.165) is 11.0 Å². The van der Waals surface area contributed by atoms with Crippen molar-refractivity contribution >= 4 is 18.5 Å². The second kappa shape index (κ2) is 5.22. The van der Waals surface area contributed by atoms with Crippen LogP contribution in [0.15, 0.2) is 0 Å². The Labute approximate surface area is 79.7 Å². The van der Waals surface area contributed by atoms with Crippen LogP contribution in [0.25, 0.3) is 0 Å². The molecule has 2 N–H and O–H groups in total. The molecule has 0 saturated carbocycles. The molecule has 5 heteroatoms. The summed E-state index contributed by atoms with van der Waals surface area (Å²) in [6.45, 7) is 2.59. The molecule has 4 nitrogen and oxygen atoms in total. The maximum absolute atomic E-state index is 10.3. The van der Waals surface area contributed by atoms with Crippen molar-refractivity contribution in [1.29, 1.82) is 0 Å². The average Bonchev–Trinajstić information content (AvgIpc) is 1.53. The van der Waals surface area contributed by atoms with Crippen molar-refractivity contribution in [3.8, 4) is 0 Å². The number of rotatable bonds is 3. The lowest BCUT2D eigenvalue weighted by molar-refractivity contribution is -0.873. The third-order valence-electron chi connectivity index (χ3n) is 1.12. The monoisotopic (exact) mass is 197 g/mol. The van der Waals surface area contributed by atoms with Crippen LogP contribution in [0.3, 0.4) is 0 Å². The largest absolute Gasteiger partial charge is 0.441 e. The number of nitrogens with zero attached hydrogens (tertiary/aromatic N) is 1. The Kier molecular flexibility index (Phi) is 6.11. The predicted molar refractivity (Wildman–Crippen MR) is 50.3 cm³/mol. The van der Waals surface area contributed by atoms with Crippen LogP contribution in [0.1, 0.15) is 6.92 Å². The summed E-state index contributed by atoms with van der Waals surface area (Å²) in [4.78, 5) is 10.3. The smallest absolute Gasteiger partial charge is 0.404 e. The first kappa shape index (κ1) is 14.1. The molecule has 0 fully saturated rings. The highest BCUT2D eigenvalue weighted by Crippen LogP contribution is 1.97. The lowest BCUT2D eigenvalue weighted by atomic mass is 10.3. The maximum Gasteiger partial charge on any atom is 0.404 e. The summed E-state index contributed by atoms with van der Waals surface area (Å²) in [5.74, 6) is 0. The van der Waals surface area contributed by atoms with E-state index in [0.29, 0.717) is 0 Å². The Balaban J connectivity index is 0. The van der Waals surface area contributed by atoms with Gasteiger partial charge in [0.05, 0.1) is 21.1 Å². The summed E-state index contributed by atoms with van der Waals surface area (Å²) in [6, 6.07) is 0. The topological polar surface area (TPSA) is 52.3 Å². The molecule has 1 unspecified atom stereocenters. The molecule has 0 aliphatic carbocycles. The van der Waals surface area contributed by atoms with E-state index in [-0.39, 0.29) is 18.5 Å². The van der Waals surface area contributed by atoms with Crippen molar-refractivity contribution in [3.05, 3.63) is 0 Å². The third-order valence-corrected chi connectivity index (χ3v) is 1.12. The van der Waals surface area contributed by atoms with E-state index in [1.807, 2.05) is 28.1 Å². The maximum atomic E-state index is 10.3. The highest BCUT2D eigenvalue weighted by Gasteiger charge is 2.15. The number of hydrogen-bond donors (Lipinski definition) is 1. The van der Waals surface area contributed by atoms with Crippen molar-refractivity contribution in [3.63, 3.8) is 0 Å². The highest BCUT2D eigenvalue weighted by atomic mass is 35.5. The molecule has 0 bridgehead atoms. The van der Waals surface area contributed by atoms with Crippen molar-refractivity contribution in [2.45, 2.75) is 13.0 Å². The molecule has 12 heavy (non-hydrogen) atoms. The number of ether oxygens (including phenoxy) is 1. The van der Waals surface area contributed by atoms with Crippen molar-refractivity contribution in [2.75, 3.05) is 27.7 Å². The minimum absolute atomic E-state index is 0. The summed E-state index contributed by atoms with van der Waals surface area (Å²) in [6.07, 6.45) is -0.821. The van der Waals surface area contributed by atoms with Crippen LogP contribution < -0.4 is 5.73 Å². The first-order chi connectivity index (χ1) is 4.81. The van der Waals surface area contributed by atoms with E-state index in [9.17, 15) is 4.79 Å². The fourth-order valence-electron chi connectivity index (χ4n) is 1.01. The van der Waals surface area contributed by atoms with E-state index in [1.54, 1.807) is 0 Å². The molecule has 0 heterocycles. The molecule has 1 atom stereocenters. The van der Waals surface area contributed by atoms with Gasteiger partial charge in [-0.05, 0) is 6.92 Å². The summed E-state index contributed by atoms with van der Waals surface area (Å²) in [7, 11) is 6.09. The molecule has 0 aliphatic rings. The Hall–Kier alpha value is -0.480. The van der Waals surface area contributed by atoms with Gasteiger partial charge in [0.15, 0.2) is 0 Å². The van der Waals surface area contributed by atoms with Gasteiger partial charge in [0.25, 0.3) is 0 Å². The number of hydrogen-bond acceptors (Lipinski definition) is 2. The van der Waals surface area contributed by atoms with Gasteiger partial charge in [-0.15, -0.1) is 12.4 Å². The lowest BCUT2D eigenvalue weighted by Crippen LogP contribution is -2.42. The zero-order valence-corrected chi connectivity index (χ0v) is 8.85. The molecule has 1 amide bonds. The minimum atomic E-state index is -0.703. The Morgan fingerprint density at radius 2 is 1.92 bits per heavy atom. The standard InChI is InChI=1S/C7H16N2O2.ClH/c1-6(11-7(8)10)5-9(2,3)4;/h6H,5H2,1-4H3,(H-,8,10);1H/p+1. The quantitative estimate of drug-likeness (QED) is 0.674. The number of halogens is 1. The van der Waals surface area contributed by atoms with Crippen LogP contribution in [-0.4, -0.2) is 44.4 Å². The van der Waals surface area contributed by atoms with Gasteiger partial charge in [0.1, 0.15) is 12.6 Å². The van der Waals surface area contributed by atoms with Gasteiger partial charge < -0.3 is 15.0 Å². The zero-order chi connectivity index (χ0) is 9.07. The second-order valence-electron chi connectivity index (χ2n) is 3.72. The molecule has 74 valence electrons. The number of carbonyl (C=O) groups excluding carboxylic acids is 1. The summed E-state index contributed by atoms with van der Waals surface area (Å²) >= 11 is 0. The number of quaternary nitrogens is 1. The minimum Gasteiger partial charge on any atom is -0.441 e. The fraction of sp³-hybridized carbons (Fsp3) is 0.857. The SMILES string of the molecule is CC(C[N+](C)(C)C)OC(N)=O.Cl. The van der Waals surface area contributed by atoms with Crippen LogP contribution in [0, 0.1) is 0 Å². The van der Waals surface area contributed by atoms with Crippen LogP contribution >= 0.6 is 12.4 Å². The molecule has 0 rings (SSSR count). The van der Waals surface area contributed by atoms with Gasteiger partial charge in [-0.25, -0.2) is 4.79 Å². The Morgan fingerprint density at radius 1 is 1.50 bits per heavy atom. The molecule has 0 saturated heterocycles. The average molecular weight is 198 g/mol. The summed E-state index contributed by atoms with van der Waals surface area (Å²) in [5, 5.41) is 0. The zero-order valence-electron chi connectivity index (χ0n) is 8.03. The molecule has 0 radical (unpaired) electrons. The van der Waals surface area contributed by atoms with Crippen LogP contribution in [-0.2, 0) is 4.74 Å². The fourth-order valence-corrected chi connectivity index (χ4v) is 1.01. The molecule has 0 aromatic carbocycles. The van der Waals surface area contributed by atoms with E-state index >= 15 is 0 Å². The first-order valence-electron chi connectivity index (χ1n) is 3.58. The predicted octanol–water partition coefficient (Wildman–Crippen LogP) is 0.598.